The molecule has 20 heavy (non-hydrogen) atoms. The van der Waals surface area contributed by atoms with Crippen LogP contribution in [0.3, 0.4) is 0 Å². The molecule has 110 valence electrons. The molecule has 0 bridgehead atoms. The normalized spacial score (nSPS) is 18.9. The molecule has 0 aliphatic carbocycles. The van der Waals surface area contributed by atoms with E-state index in [1.54, 1.807) is 4.90 Å². The predicted molar refractivity (Wildman–Crippen MR) is 80.2 cm³/mol. The molecular formula is C14H21ClN4O. The number of likely N-dealkylation sites (N-methyl/N-ethyl adjacent to an activating group) is 1. The molecule has 2 heterocycles. The second-order valence-corrected chi connectivity index (χ2v) is 6.35. The van der Waals surface area contributed by atoms with Gasteiger partial charge in [0.15, 0.2) is 0 Å². The maximum Gasteiger partial charge on any atom is 0.247 e. The summed E-state index contributed by atoms with van der Waals surface area (Å²) in [7, 11) is 1.83. The molecule has 1 aromatic heterocycles. The molecule has 6 heteroatoms. The lowest BCUT2D eigenvalue weighted by molar-refractivity contribution is -0.136. The Balaban J connectivity index is 2.52. The van der Waals surface area contributed by atoms with Gasteiger partial charge in [0.05, 0.1) is 0 Å². The molecule has 0 atom stereocenters. The van der Waals surface area contributed by atoms with Crippen LogP contribution in [-0.2, 0) is 4.79 Å². The van der Waals surface area contributed by atoms with Gasteiger partial charge in [-0.25, -0.2) is 9.97 Å². The zero-order valence-corrected chi connectivity index (χ0v) is 13.4. The van der Waals surface area contributed by atoms with Gasteiger partial charge in [-0.05, 0) is 19.8 Å². The summed E-state index contributed by atoms with van der Waals surface area (Å²) in [6.45, 7) is 9.37. The molecule has 0 aromatic carbocycles. The third-order valence-electron chi connectivity index (χ3n) is 3.85. The van der Waals surface area contributed by atoms with E-state index in [1.165, 1.54) is 6.33 Å². The van der Waals surface area contributed by atoms with E-state index < -0.39 is 5.54 Å². The van der Waals surface area contributed by atoms with Crippen molar-refractivity contribution in [3.8, 4) is 0 Å². The maximum atomic E-state index is 12.4. The third kappa shape index (κ3) is 2.35. The fraction of sp³-hybridized carbons (Fsp3) is 0.643. The van der Waals surface area contributed by atoms with Crippen LogP contribution in [0.4, 0.5) is 5.82 Å². The zero-order valence-electron chi connectivity index (χ0n) is 12.6. The first-order valence-corrected chi connectivity index (χ1v) is 7.18. The van der Waals surface area contributed by atoms with Gasteiger partial charge in [0.1, 0.15) is 22.8 Å². The van der Waals surface area contributed by atoms with Crippen LogP contribution in [0, 0.1) is 0 Å². The fourth-order valence-corrected chi connectivity index (χ4v) is 3.01. The van der Waals surface area contributed by atoms with E-state index in [0.717, 1.165) is 17.9 Å². The highest BCUT2D eigenvalue weighted by Crippen LogP contribution is 2.35. The molecule has 0 N–H and O–H groups in total. The summed E-state index contributed by atoms with van der Waals surface area (Å²) < 4.78 is 0. The molecular weight excluding hydrogens is 276 g/mol. The number of nitrogens with zero attached hydrogens (tertiary/aromatic N) is 4. The molecule has 1 amide bonds. The van der Waals surface area contributed by atoms with Crippen molar-refractivity contribution in [2.75, 3.05) is 25.0 Å². The molecule has 2 rings (SSSR count). The van der Waals surface area contributed by atoms with E-state index in [1.807, 2.05) is 25.8 Å². The van der Waals surface area contributed by atoms with E-state index >= 15 is 0 Å². The van der Waals surface area contributed by atoms with Crippen molar-refractivity contribution < 1.29 is 4.79 Å². The number of amides is 1. The topological polar surface area (TPSA) is 49.3 Å². The molecule has 1 aliphatic heterocycles. The number of hydrogen-bond donors (Lipinski definition) is 0. The highest BCUT2D eigenvalue weighted by atomic mass is 35.5. The van der Waals surface area contributed by atoms with Crippen LogP contribution in [0.15, 0.2) is 6.33 Å². The van der Waals surface area contributed by atoms with Gasteiger partial charge in [0.25, 0.3) is 0 Å². The van der Waals surface area contributed by atoms with E-state index in [4.69, 9.17) is 11.6 Å². The molecule has 0 unspecified atom stereocenters. The number of rotatable bonds is 2. The molecule has 1 aliphatic rings. The van der Waals surface area contributed by atoms with Crippen molar-refractivity contribution in [1.29, 1.82) is 0 Å². The minimum atomic E-state index is -0.631. The average molecular weight is 297 g/mol. The van der Waals surface area contributed by atoms with Crippen molar-refractivity contribution in [1.82, 2.24) is 14.9 Å². The predicted octanol–water partition coefficient (Wildman–Crippen LogP) is 2.31. The van der Waals surface area contributed by atoms with Crippen LogP contribution in [0.2, 0.25) is 5.15 Å². The van der Waals surface area contributed by atoms with Gasteiger partial charge in [0, 0.05) is 25.7 Å². The van der Waals surface area contributed by atoms with Crippen molar-refractivity contribution in [3.63, 3.8) is 0 Å². The summed E-state index contributed by atoms with van der Waals surface area (Å²) in [6, 6.07) is 0. The van der Waals surface area contributed by atoms with E-state index in [-0.39, 0.29) is 11.8 Å². The first-order chi connectivity index (χ1) is 9.26. The highest BCUT2D eigenvalue weighted by Gasteiger charge is 2.42. The molecule has 1 saturated heterocycles. The summed E-state index contributed by atoms with van der Waals surface area (Å²) >= 11 is 6.23. The molecule has 1 aromatic rings. The van der Waals surface area contributed by atoms with Gasteiger partial charge in [-0.3, -0.25) is 4.79 Å². The fourth-order valence-electron chi connectivity index (χ4n) is 2.66. The first kappa shape index (κ1) is 15.0. The Bertz CT molecular complexity index is 530. The number of carbonyl (C=O) groups excluding carboxylic acids is 1. The van der Waals surface area contributed by atoms with Crippen LogP contribution in [0.5, 0.6) is 0 Å². The molecule has 0 saturated carbocycles. The Kier molecular flexibility index (Phi) is 3.91. The van der Waals surface area contributed by atoms with Crippen LogP contribution >= 0.6 is 11.6 Å². The average Bonchev–Trinajstić information content (AvgIpc) is 2.35. The summed E-state index contributed by atoms with van der Waals surface area (Å²) in [4.78, 5) is 24.7. The van der Waals surface area contributed by atoms with Crippen molar-refractivity contribution in [3.05, 3.63) is 17.0 Å². The van der Waals surface area contributed by atoms with Gasteiger partial charge in [0.2, 0.25) is 5.91 Å². The van der Waals surface area contributed by atoms with Gasteiger partial charge in [-0.1, -0.05) is 25.4 Å². The van der Waals surface area contributed by atoms with Crippen LogP contribution in [0.1, 0.15) is 39.2 Å². The molecule has 5 nitrogen and oxygen atoms in total. The molecule has 0 spiro atoms. The number of piperazine rings is 1. The van der Waals surface area contributed by atoms with Crippen LogP contribution in [0.25, 0.3) is 0 Å². The van der Waals surface area contributed by atoms with Gasteiger partial charge < -0.3 is 9.80 Å². The van der Waals surface area contributed by atoms with Gasteiger partial charge in [-0.2, -0.15) is 0 Å². The Morgan fingerprint density at radius 2 is 1.95 bits per heavy atom. The van der Waals surface area contributed by atoms with Gasteiger partial charge in [-0.15, -0.1) is 0 Å². The standard InChI is InChI=1S/C14H21ClN4O/c1-9(2)10-11(15)16-8-17-12(10)19-7-6-18(5)13(20)14(19,3)4/h8-9H,6-7H2,1-5H3. The lowest BCUT2D eigenvalue weighted by atomic mass is 9.95. The summed E-state index contributed by atoms with van der Waals surface area (Å²) in [5.41, 5.74) is 0.272. The lowest BCUT2D eigenvalue weighted by Gasteiger charge is -2.46. The zero-order chi connectivity index (χ0) is 15.1. The first-order valence-electron chi connectivity index (χ1n) is 6.80. The highest BCUT2D eigenvalue weighted by molar-refractivity contribution is 6.30. The summed E-state index contributed by atoms with van der Waals surface area (Å²) in [6.07, 6.45) is 1.46. The summed E-state index contributed by atoms with van der Waals surface area (Å²) in [5.74, 6) is 1.06. The smallest absolute Gasteiger partial charge is 0.247 e. The van der Waals surface area contributed by atoms with E-state index in [2.05, 4.69) is 23.8 Å². The maximum absolute atomic E-state index is 12.4. The van der Waals surface area contributed by atoms with Crippen molar-refractivity contribution in [2.45, 2.75) is 39.2 Å². The Hall–Kier alpha value is -1.36. The minimum Gasteiger partial charge on any atom is -0.342 e. The van der Waals surface area contributed by atoms with Crippen molar-refractivity contribution in [2.24, 2.45) is 0 Å². The quantitative estimate of drug-likeness (QED) is 0.786. The van der Waals surface area contributed by atoms with E-state index in [9.17, 15) is 4.79 Å². The van der Waals surface area contributed by atoms with Crippen LogP contribution < -0.4 is 4.90 Å². The number of anilines is 1. The second-order valence-electron chi connectivity index (χ2n) is 5.99. The lowest BCUT2D eigenvalue weighted by Crippen LogP contribution is -2.62. The number of aromatic nitrogens is 2. The molecule has 0 radical (unpaired) electrons. The van der Waals surface area contributed by atoms with Crippen molar-refractivity contribution >= 4 is 23.3 Å². The summed E-state index contributed by atoms with van der Waals surface area (Å²) in [5, 5.41) is 0.465. The minimum absolute atomic E-state index is 0.0909. The third-order valence-corrected chi connectivity index (χ3v) is 4.15. The number of hydrogen-bond acceptors (Lipinski definition) is 4. The van der Waals surface area contributed by atoms with Crippen LogP contribution in [-0.4, -0.2) is 46.5 Å². The Labute approximate surface area is 124 Å². The second kappa shape index (κ2) is 5.20. The van der Waals surface area contributed by atoms with E-state index in [0.29, 0.717) is 11.7 Å². The SMILES string of the molecule is CC(C)c1c(Cl)ncnc1N1CCN(C)C(=O)C1(C)C. The number of halogens is 1. The Morgan fingerprint density at radius 1 is 1.30 bits per heavy atom. The van der Waals surface area contributed by atoms with Gasteiger partial charge >= 0.3 is 0 Å². The molecule has 1 fully saturated rings. The number of carbonyl (C=O) groups is 1. The largest absolute Gasteiger partial charge is 0.342 e. The monoisotopic (exact) mass is 296 g/mol. The Morgan fingerprint density at radius 3 is 2.55 bits per heavy atom.